The van der Waals surface area contributed by atoms with Crippen LogP contribution < -0.4 is 20.9 Å². The van der Waals surface area contributed by atoms with Gasteiger partial charge in [0.05, 0.1) is 13.7 Å². The van der Waals surface area contributed by atoms with Gasteiger partial charge in [-0.25, -0.2) is 13.8 Å². The summed E-state index contributed by atoms with van der Waals surface area (Å²) < 4.78 is 52.5. The highest BCUT2D eigenvalue weighted by atomic mass is 31.2. The van der Waals surface area contributed by atoms with Crippen molar-refractivity contribution < 1.29 is 37.4 Å². The monoisotopic (exact) mass is 589 g/mol. The van der Waals surface area contributed by atoms with Gasteiger partial charge in [-0.1, -0.05) is 36.4 Å². The number of alkyl halides is 1. The smallest absolute Gasteiger partial charge is 0.459 e. The van der Waals surface area contributed by atoms with Crippen molar-refractivity contribution in [3.05, 3.63) is 86.7 Å². The molecule has 2 heterocycles. The van der Waals surface area contributed by atoms with E-state index in [0.717, 1.165) is 47.6 Å². The number of nitrogens with zero attached hydrogens (tertiary/aromatic N) is 1. The van der Waals surface area contributed by atoms with Gasteiger partial charge in [-0.05, 0) is 43.0 Å². The van der Waals surface area contributed by atoms with E-state index in [1.54, 1.807) is 12.1 Å². The summed E-state index contributed by atoms with van der Waals surface area (Å²) >= 11 is 0. The average Bonchev–Trinajstić information content (AvgIpc) is 3.42. The molecule has 14 heteroatoms. The third-order valence-corrected chi connectivity index (χ3v) is 8.76. The van der Waals surface area contributed by atoms with Crippen LogP contribution in [0.3, 0.4) is 0 Å². The topological polar surface area (TPSA) is 158 Å². The Labute approximate surface area is 233 Å². The molecule has 1 aliphatic carbocycles. The normalized spacial score (nSPS) is 25.1. The third-order valence-electron chi connectivity index (χ3n) is 7.13. The Morgan fingerprint density at radius 1 is 1.24 bits per heavy atom. The Morgan fingerprint density at radius 3 is 2.71 bits per heavy atom. The van der Waals surface area contributed by atoms with E-state index in [9.17, 15) is 24.1 Å². The first-order valence-electron chi connectivity index (χ1n) is 12.8. The second-order valence-corrected chi connectivity index (χ2v) is 11.7. The molecule has 0 radical (unpaired) electrons. The standard InChI is InChI=1S/C27H29FN3O9P/c1-15(24(34)37-3)30-41(36,40-19-10-6-8-17-13-16-7-4-5-9-18(16)22(17)19)38-14-20-23(33)27(2,28)25(39-20)31-12-11-21(32)29-26(31)35/h4-12,15,20,23,25,33H,13-14H2,1-3H3,(H,30,36)(H,29,32,35)/t15-,20+,23+,25+,27+,41?/m0/s1. The molecule has 41 heavy (non-hydrogen) atoms. The Balaban J connectivity index is 1.42. The number of benzene rings is 2. The minimum atomic E-state index is -4.42. The molecule has 0 saturated carbocycles. The maximum atomic E-state index is 15.6. The van der Waals surface area contributed by atoms with Crippen molar-refractivity contribution >= 4 is 13.7 Å². The highest BCUT2D eigenvalue weighted by Gasteiger charge is 2.56. The first-order valence-corrected chi connectivity index (χ1v) is 14.3. The Bertz CT molecular complexity index is 1640. The van der Waals surface area contributed by atoms with Crippen molar-refractivity contribution in [2.75, 3.05) is 13.7 Å². The van der Waals surface area contributed by atoms with Crippen molar-refractivity contribution in [1.82, 2.24) is 14.6 Å². The maximum absolute atomic E-state index is 15.6. The minimum Gasteiger partial charge on any atom is -0.468 e. The number of rotatable bonds is 9. The molecule has 1 aliphatic heterocycles. The van der Waals surface area contributed by atoms with Crippen molar-refractivity contribution in [2.24, 2.45) is 0 Å². The molecule has 2 aliphatic rings. The molecule has 6 atom stereocenters. The fraction of sp³-hybridized carbons (Fsp3) is 0.370. The lowest BCUT2D eigenvalue weighted by Crippen LogP contribution is -2.43. The van der Waals surface area contributed by atoms with E-state index in [1.165, 1.54) is 6.92 Å². The van der Waals surface area contributed by atoms with Crippen LogP contribution in [-0.4, -0.2) is 58.3 Å². The van der Waals surface area contributed by atoms with Crippen LogP contribution in [0.15, 0.2) is 64.3 Å². The molecule has 3 N–H and O–H groups in total. The lowest BCUT2D eigenvalue weighted by molar-refractivity contribution is -0.142. The molecular formula is C27H29FN3O9P. The lowest BCUT2D eigenvalue weighted by atomic mass is 9.98. The number of halogens is 1. The molecule has 3 aromatic rings. The lowest BCUT2D eigenvalue weighted by Gasteiger charge is -2.26. The first-order chi connectivity index (χ1) is 19.4. The van der Waals surface area contributed by atoms with E-state index in [0.29, 0.717) is 12.0 Å². The van der Waals surface area contributed by atoms with Crippen LogP contribution >= 0.6 is 7.75 Å². The minimum absolute atomic E-state index is 0.223. The zero-order valence-corrected chi connectivity index (χ0v) is 23.3. The van der Waals surface area contributed by atoms with Gasteiger partial charge in [0.15, 0.2) is 11.9 Å². The van der Waals surface area contributed by atoms with Crippen LogP contribution in [0, 0.1) is 0 Å². The molecule has 1 unspecified atom stereocenters. The molecule has 218 valence electrons. The Hall–Kier alpha value is -3.61. The van der Waals surface area contributed by atoms with Gasteiger partial charge in [0, 0.05) is 17.8 Å². The van der Waals surface area contributed by atoms with E-state index in [4.69, 9.17) is 18.5 Å². The molecule has 1 aromatic heterocycles. The van der Waals surface area contributed by atoms with Crippen molar-refractivity contribution in [2.45, 2.75) is 50.4 Å². The van der Waals surface area contributed by atoms with Crippen LogP contribution in [0.4, 0.5) is 4.39 Å². The maximum Gasteiger partial charge on any atom is 0.459 e. The summed E-state index contributed by atoms with van der Waals surface area (Å²) in [6, 6.07) is 12.8. The molecule has 0 spiro atoms. The molecule has 0 bridgehead atoms. The number of aliphatic hydroxyl groups excluding tert-OH is 1. The zero-order chi connectivity index (χ0) is 29.5. The summed E-state index contributed by atoms with van der Waals surface area (Å²) in [4.78, 5) is 37.9. The number of carbonyl (C=O) groups is 1. The molecular weight excluding hydrogens is 560 g/mol. The molecule has 1 saturated heterocycles. The number of hydrogen-bond donors (Lipinski definition) is 3. The third kappa shape index (κ3) is 5.51. The Kier molecular flexibility index (Phi) is 7.75. The van der Waals surface area contributed by atoms with Gasteiger partial charge in [-0.2, -0.15) is 5.09 Å². The van der Waals surface area contributed by atoms with Gasteiger partial charge in [0.25, 0.3) is 5.56 Å². The number of aliphatic hydroxyl groups is 1. The van der Waals surface area contributed by atoms with Crippen LogP contribution in [-0.2, 0) is 29.8 Å². The predicted molar refractivity (Wildman–Crippen MR) is 144 cm³/mol. The van der Waals surface area contributed by atoms with Gasteiger partial charge >= 0.3 is 19.4 Å². The predicted octanol–water partition coefficient (Wildman–Crippen LogP) is 2.45. The number of hydrogen-bond acceptors (Lipinski definition) is 9. The van der Waals surface area contributed by atoms with Gasteiger partial charge in [0.1, 0.15) is 24.0 Å². The number of methoxy groups -OCH3 is 1. The fourth-order valence-electron chi connectivity index (χ4n) is 5.05. The highest BCUT2D eigenvalue weighted by molar-refractivity contribution is 7.52. The van der Waals surface area contributed by atoms with Crippen LogP contribution in [0.5, 0.6) is 5.75 Å². The summed E-state index contributed by atoms with van der Waals surface area (Å²) in [6.07, 6.45) is -3.19. The SMILES string of the molecule is COC(=O)[C@H](C)NP(=O)(OC[C@H]1O[C@@H](n2ccc(=O)[nH]c2=O)[C@](C)(F)[C@@H]1O)Oc1cccc2c1-c1ccccc1C2. The number of carbonyl (C=O) groups excluding carboxylic acids is 1. The van der Waals surface area contributed by atoms with Crippen molar-refractivity contribution in [3.8, 4) is 16.9 Å². The number of fused-ring (bicyclic) bond motifs is 3. The quantitative estimate of drug-likeness (QED) is 0.196. The van der Waals surface area contributed by atoms with Gasteiger partial charge < -0.3 is 19.1 Å². The number of aromatic nitrogens is 2. The summed E-state index contributed by atoms with van der Waals surface area (Å²) in [5, 5.41) is 13.3. The molecule has 1 fully saturated rings. The number of H-pyrrole nitrogens is 1. The van der Waals surface area contributed by atoms with E-state index in [1.807, 2.05) is 35.3 Å². The van der Waals surface area contributed by atoms with E-state index < -0.39 is 61.7 Å². The van der Waals surface area contributed by atoms with Crippen molar-refractivity contribution in [3.63, 3.8) is 0 Å². The summed E-state index contributed by atoms with van der Waals surface area (Å²) in [6.45, 7) is 1.77. The van der Waals surface area contributed by atoms with E-state index in [-0.39, 0.29) is 5.75 Å². The van der Waals surface area contributed by atoms with Gasteiger partial charge in [0.2, 0.25) is 0 Å². The van der Waals surface area contributed by atoms with Gasteiger partial charge in [-0.15, -0.1) is 0 Å². The summed E-state index contributed by atoms with van der Waals surface area (Å²) in [7, 11) is -3.25. The number of ether oxygens (including phenoxy) is 2. The fourth-order valence-corrected chi connectivity index (χ4v) is 6.56. The first kappa shape index (κ1) is 28.9. The average molecular weight is 590 g/mol. The summed E-state index contributed by atoms with van der Waals surface area (Å²) in [5.74, 6) is -0.520. The van der Waals surface area contributed by atoms with E-state index in [2.05, 4.69) is 5.09 Å². The second-order valence-electron chi connectivity index (χ2n) is 10.0. The van der Waals surface area contributed by atoms with E-state index >= 15 is 4.39 Å². The van der Waals surface area contributed by atoms with Crippen LogP contribution in [0.25, 0.3) is 11.1 Å². The molecule has 0 amide bonds. The molecule has 2 aromatic carbocycles. The van der Waals surface area contributed by atoms with Gasteiger partial charge in [-0.3, -0.25) is 23.7 Å². The Morgan fingerprint density at radius 2 is 1.98 bits per heavy atom. The molecule has 5 rings (SSSR count). The number of aromatic amines is 1. The number of esters is 1. The highest BCUT2D eigenvalue weighted by Crippen LogP contribution is 2.51. The second kappa shape index (κ2) is 11.0. The largest absolute Gasteiger partial charge is 0.468 e. The molecule has 12 nitrogen and oxygen atoms in total. The van der Waals surface area contributed by atoms with Crippen molar-refractivity contribution in [1.29, 1.82) is 0 Å². The summed E-state index contributed by atoms with van der Waals surface area (Å²) in [5.41, 5.74) is -0.540. The number of nitrogens with one attached hydrogen (secondary N) is 2. The van der Waals surface area contributed by atoms with Crippen LogP contribution in [0.1, 0.15) is 31.2 Å². The van der Waals surface area contributed by atoms with Crippen LogP contribution in [0.2, 0.25) is 0 Å². The zero-order valence-electron chi connectivity index (χ0n) is 22.4.